The highest BCUT2D eigenvalue weighted by Crippen LogP contribution is 2.12. The number of benzene rings is 1. The van der Waals surface area contributed by atoms with Gasteiger partial charge in [-0.1, -0.05) is 0 Å². The second-order valence-electron chi connectivity index (χ2n) is 3.24. The fraction of sp³-hybridized carbons (Fsp3) is 0.222. The summed E-state index contributed by atoms with van der Waals surface area (Å²) in [6.07, 6.45) is 0. The van der Waals surface area contributed by atoms with E-state index in [0.29, 0.717) is 13.2 Å². The van der Waals surface area contributed by atoms with Crippen molar-refractivity contribution in [2.24, 2.45) is 0 Å². The minimum Gasteiger partial charge on any atom is -0.477 e. The molecule has 1 heterocycles. The lowest BCUT2D eigenvalue weighted by atomic mass is 9.79. The highest BCUT2D eigenvalue weighted by atomic mass is 19.1. The first-order valence-electron chi connectivity index (χ1n) is 4.55. The van der Waals surface area contributed by atoms with Crippen LogP contribution in [-0.2, 0) is 9.31 Å². The molecular weight excluding hydrogens is 221 g/mol. The molecule has 0 atom stereocenters. The Morgan fingerprint density at radius 3 is 2.19 bits per heavy atom. The van der Waals surface area contributed by atoms with Gasteiger partial charge in [0.05, 0.1) is 13.2 Å². The van der Waals surface area contributed by atoms with Crippen molar-refractivity contribution in [1.82, 2.24) is 0 Å². The lowest BCUT2D eigenvalue weighted by Crippen LogP contribution is -2.33. The van der Waals surface area contributed by atoms with Gasteiger partial charge < -0.3 is 14.4 Å². The van der Waals surface area contributed by atoms with E-state index in [1.165, 1.54) is 0 Å². The third-order valence-corrected chi connectivity index (χ3v) is 2.17. The monoisotopic (exact) mass is 228 g/mol. The zero-order valence-corrected chi connectivity index (χ0v) is 8.07. The van der Waals surface area contributed by atoms with Gasteiger partial charge in [-0.2, -0.15) is 0 Å². The van der Waals surface area contributed by atoms with Crippen LogP contribution < -0.4 is 5.46 Å². The Balaban J connectivity index is 2.40. The molecule has 1 N–H and O–H groups in total. The van der Waals surface area contributed by atoms with E-state index in [1.807, 2.05) is 0 Å². The van der Waals surface area contributed by atoms with Crippen LogP contribution in [0.2, 0.25) is 0 Å². The molecule has 1 fully saturated rings. The molecule has 1 saturated heterocycles. The number of halogens is 2. The largest absolute Gasteiger partial charge is 0.494 e. The Morgan fingerprint density at radius 2 is 1.75 bits per heavy atom. The van der Waals surface area contributed by atoms with Gasteiger partial charge in [0, 0.05) is 0 Å². The van der Waals surface area contributed by atoms with Gasteiger partial charge >= 0.3 is 13.1 Å². The second-order valence-corrected chi connectivity index (χ2v) is 3.24. The molecule has 0 bridgehead atoms. The van der Waals surface area contributed by atoms with Crippen molar-refractivity contribution in [2.45, 2.75) is 0 Å². The van der Waals surface area contributed by atoms with Crippen LogP contribution in [0.1, 0.15) is 10.4 Å². The lowest BCUT2D eigenvalue weighted by molar-refractivity contribution is 0.0686. The highest BCUT2D eigenvalue weighted by Gasteiger charge is 2.29. The van der Waals surface area contributed by atoms with Crippen molar-refractivity contribution in [3.05, 3.63) is 29.3 Å². The molecule has 0 aliphatic carbocycles. The first kappa shape index (κ1) is 11.0. The first-order chi connectivity index (χ1) is 7.59. The molecule has 1 aromatic rings. The van der Waals surface area contributed by atoms with Crippen LogP contribution in [0.25, 0.3) is 0 Å². The third-order valence-electron chi connectivity index (χ3n) is 2.17. The standard InChI is InChI=1S/C9H7BF2O4/c11-6-3-5(10-15-1-2-16-10)4-7(12)8(6)9(13)14/h3-4H,1-2H2,(H,13,14). The number of hydrogen-bond acceptors (Lipinski definition) is 3. The maximum Gasteiger partial charge on any atom is 0.494 e. The third kappa shape index (κ3) is 1.91. The number of rotatable bonds is 2. The number of carbonyl (C=O) groups is 1. The summed E-state index contributed by atoms with van der Waals surface area (Å²) in [5.41, 5.74) is -0.834. The Kier molecular flexibility index (Phi) is 2.89. The molecule has 0 spiro atoms. The van der Waals surface area contributed by atoms with E-state index in [4.69, 9.17) is 14.4 Å². The van der Waals surface area contributed by atoms with Crippen molar-refractivity contribution < 1.29 is 28.0 Å². The van der Waals surface area contributed by atoms with Gasteiger partial charge in [0.1, 0.15) is 17.2 Å². The van der Waals surface area contributed by atoms with E-state index in [-0.39, 0.29) is 5.46 Å². The fourth-order valence-electron chi connectivity index (χ4n) is 1.48. The number of hydrogen-bond donors (Lipinski definition) is 1. The normalized spacial score (nSPS) is 15.5. The molecule has 0 saturated carbocycles. The van der Waals surface area contributed by atoms with Crippen molar-refractivity contribution in [3.8, 4) is 0 Å². The molecule has 1 aliphatic heterocycles. The average Bonchev–Trinajstić information content (AvgIpc) is 2.67. The molecule has 1 aromatic carbocycles. The molecule has 16 heavy (non-hydrogen) atoms. The highest BCUT2D eigenvalue weighted by molar-refractivity contribution is 6.61. The average molecular weight is 228 g/mol. The summed E-state index contributed by atoms with van der Waals surface area (Å²) in [6.45, 7) is 0.684. The summed E-state index contributed by atoms with van der Waals surface area (Å²) in [5, 5.41) is 8.56. The Bertz CT molecular complexity index is 409. The van der Waals surface area contributed by atoms with Crippen LogP contribution in [0.15, 0.2) is 12.1 Å². The van der Waals surface area contributed by atoms with Gasteiger partial charge in [0.2, 0.25) is 0 Å². The van der Waals surface area contributed by atoms with Gasteiger partial charge in [0.25, 0.3) is 0 Å². The SMILES string of the molecule is O=C(O)c1c(F)cc(B2OCCO2)cc1F. The predicted octanol–water partition coefficient (Wildman–Crippen LogP) is 0.405. The molecule has 84 valence electrons. The molecule has 0 aromatic heterocycles. The van der Waals surface area contributed by atoms with Crippen molar-refractivity contribution in [1.29, 1.82) is 0 Å². The molecular formula is C9H7BF2O4. The minimum atomic E-state index is -1.64. The topological polar surface area (TPSA) is 55.8 Å². The van der Waals surface area contributed by atoms with Gasteiger partial charge in [-0.05, 0) is 17.6 Å². The van der Waals surface area contributed by atoms with E-state index in [2.05, 4.69) is 0 Å². The van der Waals surface area contributed by atoms with Crippen LogP contribution in [0, 0.1) is 11.6 Å². The molecule has 2 rings (SSSR count). The van der Waals surface area contributed by atoms with Crippen molar-refractivity contribution >= 4 is 18.6 Å². The van der Waals surface area contributed by atoms with E-state index < -0.39 is 30.3 Å². The van der Waals surface area contributed by atoms with Crippen LogP contribution in [0.5, 0.6) is 0 Å². The fourth-order valence-corrected chi connectivity index (χ4v) is 1.48. The summed E-state index contributed by atoms with van der Waals surface area (Å²) in [4.78, 5) is 10.5. The van der Waals surface area contributed by atoms with Gasteiger partial charge in [-0.3, -0.25) is 0 Å². The van der Waals surface area contributed by atoms with E-state index in [1.54, 1.807) is 0 Å². The van der Waals surface area contributed by atoms with E-state index >= 15 is 0 Å². The Morgan fingerprint density at radius 1 is 1.25 bits per heavy atom. The molecule has 4 nitrogen and oxygen atoms in total. The Labute approximate surface area is 89.9 Å². The van der Waals surface area contributed by atoms with Crippen LogP contribution in [-0.4, -0.2) is 31.4 Å². The van der Waals surface area contributed by atoms with Gasteiger partial charge in [-0.15, -0.1) is 0 Å². The van der Waals surface area contributed by atoms with E-state index in [0.717, 1.165) is 12.1 Å². The molecule has 7 heteroatoms. The molecule has 0 unspecified atom stereocenters. The summed E-state index contributed by atoms with van der Waals surface area (Å²) in [5.74, 6) is -3.92. The molecule has 0 amide bonds. The Hall–Kier alpha value is -1.47. The van der Waals surface area contributed by atoms with Crippen LogP contribution >= 0.6 is 0 Å². The zero-order chi connectivity index (χ0) is 11.7. The van der Waals surface area contributed by atoms with Crippen molar-refractivity contribution in [3.63, 3.8) is 0 Å². The zero-order valence-electron chi connectivity index (χ0n) is 8.07. The first-order valence-corrected chi connectivity index (χ1v) is 4.55. The summed E-state index contributed by atoms with van der Waals surface area (Å²) >= 11 is 0. The maximum atomic E-state index is 13.3. The number of carboxylic acids is 1. The summed E-state index contributed by atoms with van der Waals surface area (Å²) in [6, 6.07) is 1.81. The van der Waals surface area contributed by atoms with Gasteiger partial charge in [-0.25, -0.2) is 13.6 Å². The van der Waals surface area contributed by atoms with E-state index in [9.17, 15) is 13.6 Å². The van der Waals surface area contributed by atoms with Gasteiger partial charge in [0.15, 0.2) is 0 Å². The quantitative estimate of drug-likeness (QED) is 0.744. The van der Waals surface area contributed by atoms with Crippen LogP contribution in [0.4, 0.5) is 8.78 Å². The summed E-state index contributed by atoms with van der Waals surface area (Å²) in [7, 11) is -0.827. The predicted molar refractivity (Wildman–Crippen MR) is 50.6 cm³/mol. The number of carboxylic acid groups (broad SMARTS) is 1. The molecule has 0 radical (unpaired) electrons. The minimum absolute atomic E-state index is 0.137. The van der Waals surface area contributed by atoms with Crippen molar-refractivity contribution in [2.75, 3.05) is 13.2 Å². The molecule has 1 aliphatic rings. The second kappa shape index (κ2) is 4.19. The maximum absolute atomic E-state index is 13.3. The van der Waals surface area contributed by atoms with Crippen LogP contribution in [0.3, 0.4) is 0 Å². The smallest absolute Gasteiger partial charge is 0.477 e. The summed E-state index contributed by atoms with van der Waals surface area (Å²) < 4.78 is 36.7. The lowest BCUT2D eigenvalue weighted by Gasteiger charge is -2.06. The number of aromatic carboxylic acids is 1.